The van der Waals surface area contributed by atoms with Crippen LogP contribution in [0, 0.1) is 51.2 Å². The molecular weight excluding hydrogens is 1060 g/mol. The molecule has 0 saturated heterocycles. The first-order valence-corrected chi connectivity index (χ1v) is 42.9. The van der Waals surface area contributed by atoms with Crippen LogP contribution in [-0.2, 0) is 0 Å². The first-order valence-electron chi connectivity index (χ1n) is 17.3. The number of thiol groups is 2. The molecule has 0 aromatic carbocycles. The average Bonchev–Trinajstić information content (AvgIpc) is 3.48. The van der Waals surface area contributed by atoms with E-state index in [-0.39, 0.29) is 36.2 Å². The summed E-state index contributed by atoms with van der Waals surface area (Å²) in [5.41, 5.74) is 1.68. The van der Waals surface area contributed by atoms with Gasteiger partial charge in [-0.05, 0) is 287 Å². The molecule has 0 bridgehead atoms. The van der Waals surface area contributed by atoms with Gasteiger partial charge in [0.25, 0.3) is 0 Å². The van der Waals surface area contributed by atoms with Crippen molar-refractivity contribution in [3.63, 3.8) is 0 Å². The van der Waals surface area contributed by atoms with Gasteiger partial charge >= 0.3 is 0 Å². The highest BCUT2D eigenvalue weighted by Crippen LogP contribution is 2.76. The van der Waals surface area contributed by atoms with Crippen molar-refractivity contribution in [2.24, 2.45) is 51.2 Å². The molecule has 4 saturated carbocycles. The highest BCUT2D eigenvalue weighted by Gasteiger charge is 2.71. The molecule has 22 heteroatoms. The predicted molar refractivity (Wildman–Crippen MR) is 300 cm³/mol. The van der Waals surface area contributed by atoms with Crippen LogP contribution in [0.5, 0.6) is 0 Å². The molecule has 0 aromatic heterocycles. The Morgan fingerprint density at radius 3 is 1.57 bits per heavy atom. The first kappa shape index (κ1) is 56.8. The van der Waals surface area contributed by atoms with Crippen molar-refractivity contribution in [3.8, 4) is 0 Å². The van der Waals surface area contributed by atoms with Gasteiger partial charge in [-0.15, -0.1) is 0 Å². The van der Waals surface area contributed by atoms with Crippen molar-refractivity contribution in [1.82, 2.24) is 0 Å². The third-order valence-corrected chi connectivity index (χ3v) is 51.6. The zero-order chi connectivity index (χ0) is 39.3. The van der Waals surface area contributed by atoms with Gasteiger partial charge in [0.15, 0.2) is 0 Å². The molecule has 2 nitrogen and oxygen atoms in total. The zero-order valence-corrected chi connectivity index (χ0v) is 48.0. The van der Waals surface area contributed by atoms with Gasteiger partial charge in [-0.3, -0.25) is 0 Å². The lowest BCUT2D eigenvalue weighted by Gasteiger charge is -2.70. The number of allylic oxidation sites excluding steroid dienone is 2. The molecule has 0 aliphatic heterocycles. The minimum atomic E-state index is -0.706. The smallest absolute Gasteiger partial charge is 0.0654 e. The molecule has 2 N–H and O–H groups in total. The maximum atomic E-state index is 11.8. The Morgan fingerprint density at radius 2 is 1.13 bits per heavy atom. The lowest BCUT2D eigenvalue weighted by atomic mass is 9.34. The fourth-order valence-electron chi connectivity index (χ4n) is 10.7. The number of hydrogen-bond donors (Lipinski definition) is 4. The van der Waals surface area contributed by atoms with Crippen molar-refractivity contribution in [3.05, 3.63) is 11.6 Å². The van der Waals surface area contributed by atoms with Crippen LogP contribution in [0.25, 0.3) is 0 Å². The van der Waals surface area contributed by atoms with Crippen molar-refractivity contribution < 1.29 is 10.2 Å². The molecule has 320 valence electrons. The number of aliphatic hydroxyl groups excluding tert-OH is 1. The normalized spacial score (nSPS) is 35.0. The van der Waals surface area contributed by atoms with Gasteiger partial charge in [-0.1, -0.05) is 83.9 Å². The van der Waals surface area contributed by atoms with Crippen molar-refractivity contribution in [1.29, 1.82) is 0 Å². The lowest BCUT2D eigenvalue weighted by molar-refractivity contribution is -0.240. The molecule has 0 amide bonds. The van der Waals surface area contributed by atoms with Crippen LogP contribution in [0.4, 0.5) is 0 Å². The summed E-state index contributed by atoms with van der Waals surface area (Å²) in [6.45, 7) is 21.6. The number of hydrogen-bond acceptors (Lipinski definition) is 22. The summed E-state index contributed by atoms with van der Waals surface area (Å²) in [6.07, 6.45) is 12.1. The molecule has 0 radical (unpaired) electrons. The summed E-state index contributed by atoms with van der Waals surface area (Å²) in [7, 11) is 31.4. The van der Waals surface area contributed by atoms with Crippen LogP contribution in [0.15, 0.2) is 11.6 Å². The van der Waals surface area contributed by atoms with Crippen LogP contribution < -0.4 is 0 Å². The van der Waals surface area contributed by atoms with E-state index in [9.17, 15) is 10.2 Å². The van der Waals surface area contributed by atoms with E-state index in [0.717, 1.165) is 43.9 Å². The molecule has 0 aromatic rings. The standard InChI is InChI=1S/C31H54O2.CH4.H2S20/c1-20(2)11-10-15-31(9,33)22-13-17-30(8)26(22)23(32)19-25-28(6)16-12-21(3)27(4,5)24(28)14-18-29(25,30)7;;1-3-5-7-9-11-13-15-17-19-20-18-16-14-12-10-8-6-4-2/h11,21-26,32-33H,10,12-19H2,1-9H3;1H4;1-2H/t21?,22?,23?,24?,25?,26?,28?,29?,30-,31-;;/m1../s1. The molecule has 4 rings (SSSR count). The second-order valence-electron chi connectivity index (χ2n) is 16.1. The van der Waals surface area contributed by atoms with Crippen LogP contribution >= 0.6 is 200 Å². The SMILES string of the molecule is C.CC(C)=CCC[C@@](C)(O)C1CC[C@]2(C)C1C(O)CC1C3(C)CCC(C)C(C)(C)C3CCC12C.SSSSSSSSSSSSSSSSSSSS. The van der Waals surface area contributed by atoms with Gasteiger partial charge in [0.2, 0.25) is 0 Å². The summed E-state index contributed by atoms with van der Waals surface area (Å²) in [5, 5.41) is 23.5. The van der Waals surface area contributed by atoms with E-state index in [4.69, 9.17) is 0 Å². The van der Waals surface area contributed by atoms with Crippen molar-refractivity contribution in [2.75, 3.05) is 0 Å². The van der Waals surface area contributed by atoms with E-state index in [1.807, 2.05) is 19.7 Å². The fourth-order valence-corrected chi connectivity index (χ4v) is 55.1. The summed E-state index contributed by atoms with van der Waals surface area (Å²) in [4.78, 5) is 0. The van der Waals surface area contributed by atoms with Crippen molar-refractivity contribution in [2.45, 2.75) is 139 Å². The Balaban J connectivity index is 0.000000417. The topological polar surface area (TPSA) is 40.5 Å². The van der Waals surface area contributed by atoms with Gasteiger partial charge in [-0.25, -0.2) is 0 Å². The summed E-state index contributed by atoms with van der Waals surface area (Å²) >= 11 is 8.09. The molecule has 8 unspecified atom stereocenters. The van der Waals surface area contributed by atoms with Gasteiger partial charge in [-0.2, -0.15) is 0 Å². The Morgan fingerprint density at radius 1 is 0.685 bits per heavy atom. The molecular formula is C32H60O2S20. The minimum Gasteiger partial charge on any atom is -0.393 e. The fraction of sp³-hybridized carbons (Fsp3) is 0.938. The second kappa shape index (κ2) is 28.0. The third kappa shape index (κ3) is 15.6. The molecule has 4 aliphatic rings. The Kier molecular flexibility index (Phi) is 29.4. The van der Waals surface area contributed by atoms with Crippen molar-refractivity contribution >= 4 is 200 Å². The highest BCUT2D eigenvalue weighted by atomic mass is 34.1. The predicted octanol–water partition coefficient (Wildman–Crippen LogP) is 20.8. The molecule has 0 spiro atoms. The monoisotopic (exact) mass is 1120 g/mol. The maximum absolute atomic E-state index is 11.8. The molecule has 4 aliphatic carbocycles. The number of aliphatic hydroxyl groups is 2. The van der Waals surface area contributed by atoms with E-state index >= 15 is 0 Å². The van der Waals surface area contributed by atoms with Crippen LogP contribution in [0.3, 0.4) is 0 Å². The van der Waals surface area contributed by atoms with E-state index in [1.165, 1.54) is 50.9 Å². The summed E-state index contributed by atoms with van der Waals surface area (Å²) in [6, 6.07) is 0. The van der Waals surface area contributed by atoms with Gasteiger partial charge in [0.1, 0.15) is 0 Å². The van der Waals surface area contributed by atoms with Gasteiger partial charge in [0.05, 0.1) is 11.7 Å². The average molecular weight is 1120 g/mol. The second-order valence-corrected chi connectivity index (χ2v) is 48.3. The van der Waals surface area contributed by atoms with Crippen LogP contribution in [0.1, 0.15) is 128 Å². The van der Waals surface area contributed by atoms with E-state index in [1.54, 1.807) is 138 Å². The highest BCUT2D eigenvalue weighted by molar-refractivity contribution is 9.58. The van der Waals surface area contributed by atoms with E-state index in [2.05, 4.69) is 91.7 Å². The third-order valence-electron chi connectivity index (χ3n) is 13.4. The summed E-state index contributed by atoms with van der Waals surface area (Å²) < 4.78 is 0. The Labute approximate surface area is 406 Å². The maximum Gasteiger partial charge on any atom is 0.0654 e. The molecule has 10 atom stereocenters. The number of rotatable bonds is 21. The molecule has 4 fully saturated rings. The Bertz CT molecular complexity index is 1080. The largest absolute Gasteiger partial charge is 0.393 e. The number of fused-ring (bicyclic) bond motifs is 5. The van der Waals surface area contributed by atoms with E-state index in [0.29, 0.717) is 16.7 Å². The minimum absolute atomic E-state index is 0. The first-order chi connectivity index (χ1) is 25.0. The van der Waals surface area contributed by atoms with Gasteiger partial charge in [0, 0.05) is 19.7 Å². The molecule has 54 heavy (non-hydrogen) atoms. The quantitative estimate of drug-likeness (QED) is 0.0381. The van der Waals surface area contributed by atoms with Gasteiger partial charge < -0.3 is 10.2 Å². The zero-order valence-electron chi connectivity index (χ0n) is 31.5. The summed E-state index contributed by atoms with van der Waals surface area (Å²) in [5.74, 6) is 2.54. The Hall–Kier alpha value is 6.66. The molecule has 0 heterocycles. The lowest BCUT2D eigenvalue weighted by Crippen LogP contribution is -2.66. The van der Waals surface area contributed by atoms with Crippen LogP contribution in [-0.4, -0.2) is 21.9 Å². The van der Waals surface area contributed by atoms with E-state index < -0.39 is 5.60 Å². The van der Waals surface area contributed by atoms with Crippen LogP contribution in [0.2, 0.25) is 0 Å².